The van der Waals surface area contributed by atoms with Crippen molar-refractivity contribution in [3.8, 4) is 0 Å². The first-order valence-corrected chi connectivity index (χ1v) is 8.58. The summed E-state index contributed by atoms with van der Waals surface area (Å²) >= 11 is 0. The Labute approximate surface area is 126 Å². The Morgan fingerprint density at radius 2 is 1.50 bits per heavy atom. The predicted molar refractivity (Wildman–Crippen MR) is 86.9 cm³/mol. The SMILES string of the molecule is C/C=C\CCCC(=O)OCCCCCCCCCCC. The largest absolute Gasteiger partial charge is 0.466 e. The molecule has 0 heterocycles. The first-order chi connectivity index (χ1) is 9.81. The molecule has 0 atom stereocenters. The summed E-state index contributed by atoms with van der Waals surface area (Å²) in [5.41, 5.74) is 0. The second-order valence-electron chi connectivity index (χ2n) is 5.51. The quantitative estimate of drug-likeness (QED) is 0.228. The Bertz CT molecular complexity index is 234. The van der Waals surface area contributed by atoms with Crippen LogP contribution >= 0.6 is 0 Å². The maximum absolute atomic E-state index is 11.4. The van der Waals surface area contributed by atoms with E-state index < -0.39 is 0 Å². The van der Waals surface area contributed by atoms with Crippen molar-refractivity contribution in [3.63, 3.8) is 0 Å². The van der Waals surface area contributed by atoms with Crippen LogP contribution in [0.3, 0.4) is 0 Å². The third-order valence-corrected chi connectivity index (χ3v) is 3.50. The molecule has 0 rings (SSSR count). The summed E-state index contributed by atoms with van der Waals surface area (Å²) < 4.78 is 5.22. The summed E-state index contributed by atoms with van der Waals surface area (Å²) in [6.45, 7) is 4.86. The zero-order valence-corrected chi connectivity index (χ0v) is 13.7. The van der Waals surface area contributed by atoms with Crippen LogP contribution in [0.2, 0.25) is 0 Å². The van der Waals surface area contributed by atoms with Gasteiger partial charge in [0.15, 0.2) is 0 Å². The molecular weight excluding hydrogens is 248 g/mol. The van der Waals surface area contributed by atoms with Crippen molar-refractivity contribution in [1.29, 1.82) is 0 Å². The van der Waals surface area contributed by atoms with Crippen LogP contribution < -0.4 is 0 Å². The van der Waals surface area contributed by atoms with Crippen LogP contribution in [-0.2, 0) is 9.53 Å². The van der Waals surface area contributed by atoms with Crippen LogP contribution in [0.25, 0.3) is 0 Å². The third-order valence-electron chi connectivity index (χ3n) is 3.50. The van der Waals surface area contributed by atoms with Gasteiger partial charge in [-0.15, -0.1) is 0 Å². The average molecular weight is 282 g/mol. The normalized spacial score (nSPS) is 11.1. The van der Waals surface area contributed by atoms with Crippen LogP contribution in [0, 0.1) is 0 Å². The second kappa shape index (κ2) is 16.3. The Balaban J connectivity index is 3.13. The predicted octanol–water partition coefficient (Wildman–Crippen LogP) is 5.81. The fourth-order valence-electron chi connectivity index (χ4n) is 2.20. The molecule has 0 unspecified atom stereocenters. The number of esters is 1. The van der Waals surface area contributed by atoms with Crippen molar-refractivity contribution in [2.45, 2.75) is 90.9 Å². The number of ether oxygens (including phenoxy) is 1. The Kier molecular flexibility index (Phi) is 15.6. The molecule has 2 nitrogen and oxygen atoms in total. The molecule has 0 fully saturated rings. The highest BCUT2D eigenvalue weighted by Gasteiger charge is 2.01. The lowest BCUT2D eigenvalue weighted by atomic mass is 10.1. The molecule has 0 amide bonds. The highest BCUT2D eigenvalue weighted by atomic mass is 16.5. The van der Waals surface area contributed by atoms with Crippen molar-refractivity contribution in [2.24, 2.45) is 0 Å². The minimum atomic E-state index is -0.0333. The van der Waals surface area contributed by atoms with E-state index in [1.807, 2.05) is 13.0 Å². The molecule has 0 N–H and O–H groups in total. The van der Waals surface area contributed by atoms with Crippen LogP contribution in [0.1, 0.15) is 90.9 Å². The number of rotatable bonds is 14. The van der Waals surface area contributed by atoms with Crippen molar-refractivity contribution in [2.75, 3.05) is 6.61 Å². The molecule has 2 heteroatoms. The van der Waals surface area contributed by atoms with Gasteiger partial charge in [0.1, 0.15) is 0 Å². The van der Waals surface area contributed by atoms with Gasteiger partial charge in [0.2, 0.25) is 0 Å². The molecule has 0 aliphatic heterocycles. The minimum absolute atomic E-state index is 0.0333. The lowest BCUT2D eigenvalue weighted by molar-refractivity contribution is -0.143. The van der Waals surface area contributed by atoms with E-state index in [0.29, 0.717) is 13.0 Å². The Morgan fingerprint density at radius 3 is 2.10 bits per heavy atom. The summed E-state index contributed by atoms with van der Waals surface area (Å²) in [5.74, 6) is -0.0333. The van der Waals surface area contributed by atoms with E-state index in [1.165, 1.54) is 51.4 Å². The molecule has 0 aromatic carbocycles. The number of allylic oxidation sites excluding steroid dienone is 2. The second-order valence-corrected chi connectivity index (χ2v) is 5.51. The third kappa shape index (κ3) is 15.3. The smallest absolute Gasteiger partial charge is 0.305 e. The highest BCUT2D eigenvalue weighted by molar-refractivity contribution is 5.69. The monoisotopic (exact) mass is 282 g/mol. The van der Waals surface area contributed by atoms with Gasteiger partial charge in [-0.25, -0.2) is 0 Å². The molecule has 0 saturated heterocycles. The number of unbranched alkanes of at least 4 members (excludes halogenated alkanes) is 9. The first-order valence-electron chi connectivity index (χ1n) is 8.58. The van der Waals surface area contributed by atoms with Gasteiger partial charge < -0.3 is 4.74 Å². The fourth-order valence-corrected chi connectivity index (χ4v) is 2.20. The lowest BCUT2D eigenvalue weighted by Gasteiger charge is -2.04. The molecule has 20 heavy (non-hydrogen) atoms. The van der Waals surface area contributed by atoms with Crippen LogP contribution in [0.5, 0.6) is 0 Å². The fraction of sp³-hybridized carbons (Fsp3) is 0.833. The van der Waals surface area contributed by atoms with Crippen LogP contribution in [0.15, 0.2) is 12.2 Å². The van der Waals surface area contributed by atoms with E-state index in [9.17, 15) is 4.79 Å². The molecule has 0 aromatic rings. The van der Waals surface area contributed by atoms with Crippen LogP contribution in [-0.4, -0.2) is 12.6 Å². The zero-order valence-electron chi connectivity index (χ0n) is 13.7. The molecule has 0 aromatic heterocycles. The molecule has 0 radical (unpaired) electrons. The van der Waals surface area contributed by atoms with Crippen molar-refractivity contribution < 1.29 is 9.53 Å². The molecule has 0 aliphatic carbocycles. The van der Waals surface area contributed by atoms with Gasteiger partial charge in [-0.1, -0.05) is 70.4 Å². The molecular formula is C18H34O2. The molecule has 0 spiro atoms. The number of hydrogen-bond acceptors (Lipinski definition) is 2. The average Bonchev–Trinajstić information content (AvgIpc) is 2.45. The summed E-state index contributed by atoms with van der Waals surface area (Å²) in [4.78, 5) is 11.4. The molecule has 118 valence electrons. The number of carbonyl (C=O) groups is 1. The van der Waals surface area contributed by atoms with E-state index >= 15 is 0 Å². The van der Waals surface area contributed by atoms with Crippen molar-refractivity contribution >= 4 is 5.97 Å². The van der Waals surface area contributed by atoms with E-state index in [4.69, 9.17) is 4.74 Å². The van der Waals surface area contributed by atoms with E-state index in [0.717, 1.165) is 19.3 Å². The van der Waals surface area contributed by atoms with Gasteiger partial charge in [0.25, 0.3) is 0 Å². The summed E-state index contributed by atoms with van der Waals surface area (Å²) in [6, 6.07) is 0. The molecule has 0 bridgehead atoms. The summed E-state index contributed by atoms with van der Waals surface area (Å²) in [5, 5.41) is 0. The molecule has 0 aliphatic rings. The summed E-state index contributed by atoms with van der Waals surface area (Å²) in [7, 11) is 0. The molecule has 0 saturated carbocycles. The van der Waals surface area contributed by atoms with Gasteiger partial charge in [0, 0.05) is 6.42 Å². The summed E-state index contributed by atoms with van der Waals surface area (Å²) in [6.07, 6.45) is 18.2. The first kappa shape index (κ1) is 19.2. The number of carbonyl (C=O) groups excluding carboxylic acids is 1. The zero-order chi connectivity index (χ0) is 14.9. The Hall–Kier alpha value is -0.790. The minimum Gasteiger partial charge on any atom is -0.466 e. The van der Waals surface area contributed by atoms with Gasteiger partial charge in [-0.05, 0) is 26.2 Å². The van der Waals surface area contributed by atoms with Crippen molar-refractivity contribution in [3.05, 3.63) is 12.2 Å². The van der Waals surface area contributed by atoms with Gasteiger partial charge >= 0.3 is 5.97 Å². The van der Waals surface area contributed by atoms with E-state index in [1.54, 1.807) is 0 Å². The topological polar surface area (TPSA) is 26.3 Å². The van der Waals surface area contributed by atoms with Gasteiger partial charge in [-0.2, -0.15) is 0 Å². The van der Waals surface area contributed by atoms with E-state index in [-0.39, 0.29) is 5.97 Å². The highest BCUT2D eigenvalue weighted by Crippen LogP contribution is 2.09. The maximum Gasteiger partial charge on any atom is 0.305 e. The lowest BCUT2D eigenvalue weighted by Crippen LogP contribution is -2.05. The van der Waals surface area contributed by atoms with Crippen molar-refractivity contribution in [1.82, 2.24) is 0 Å². The van der Waals surface area contributed by atoms with Gasteiger partial charge in [-0.3, -0.25) is 4.79 Å². The standard InChI is InChI=1S/C18H34O2/c1-3-5-7-9-10-11-12-13-15-17-20-18(19)16-14-8-6-4-2/h4,6H,3,5,7-17H2,1-2H3/b6-4-. The van der Waals surface area contributed by atoms with E-state index in [2.05, 4.69) is 13.0 Å². The van der Waals surface area contributed by atoms with Gasteiger partial charge in [0.05, 0.1) is 6.61 Å². The maximum atomic E-state index is 11.4. The Morgan fingerprint density at radius 1 is 0.900 bits per heavy atom. The van der Waals surface area contributed by atoms with Crippen LogP contribution in [0.4, 0.5) is 0 Å². The number of hydrogen-bond donors (Lipinski definition) is 0.